The van der Waals surface area contributed by atoms with Crippen LogP contribution in [0.1, 0.15) is 60.7 Å². The third-order valence-electron chi connectivity index (χ3n) is 5.80. The first-order valence-electron chi connectivity index (χ1n) is 11.5. The van der Waals surface area contributed by atoms with Crippen molar-refractivity contribution in [1.29, 1.82) is 0 Å². The van der Waals surface area contributed by atoms with Crippen LogP contribution in [0.3, 0.4) is 0 Å². The highest BCUT2D eigenvalue weighted by atomic mass is 16.5. The number of rotatable bonds is 8. The summed E-state index contributed by atoms with van der Waals surface area (Å²) in [7, 11) is 1.78. The zero-order valence-electron chi connectivity index (χ0n) is 20.1. The summed E-state index contributed by atoms with van der Waals surface area (Å²) in [6.07, 6.45) is 2.40. The van der Waals surface area contributed by atoms with Crippen LogP contribution in [0.4, 0.5) is 0 Å². The maximum atomic E-state index is 13.1. The molecule has 1 N–H and O–H groups in total. The summed E-state index contributed by atoms with van der Waals surface area (Å²) in [6, 6.07) is 1.68. The fraction of sp³-hybridized carbons (Fsp3) is 0.478. The average molecular weight is 468 g/mol. The summed E-state index contributed by atoms with van der Waals surface area (Å²) in [6.45, 7) is 8.43. The van der Waals surface area contributed by atoms with E-state index in [0.717, 1.165) is 19.3 Å². The number of fused-ring (bicyclic) bond motifs is 2. The molecule has 4 aromatic heterocycles. The molecule has 180 valence electrons. The van der Waals surface area contributed by atoms with E-state index in [1.807, 2.05) is 20.8 Å². The Balaban J connectivity index is 1.74. The average Bonchev–Trinajstić information content (AvgIpc) is 3.28. The summed E-state index contributed by atoms with van der Waals surface area (Å²) >= 11 is 0. The molecule has 0 aromatic carbocycles. The highest BCUT2D eigenvalue weighted by Gasteiger charge is 2.22. The van der Waals surface area contributed by atoms with Gasteiger partial charge in [-0.1, -0.05) is 20.3 Å². The minimum absolute atomic E-state index is 0.142. The number of nitrogens with one attached hydrogen (secondary N) is 1. The number of aromatic nitrogens is 7. The molecule has 4 aromatic rings. The van der Waals surface area contributed by atoms with Crippen molar-refractivity contribution >= 4 is 28.2 Å². The molecule has 0 radical (unpaired) electrons. The summed E-state index contributed by atoms with van der Waals surface area (Å²) in [5, 5.41) is 5.01. The van der Waals surface area contributed by atoms with Crippen LogP contribution >= 0.6 is 0 Å². The van der Waals surface area contributed by atoms with Crippen LogP contribution in [0, 0.1) is 13.8 Å². The van der Waals surface area contributed by atoms with Crippen molar-refractivity contribution in [3.63, 3.8) is 0 Å². The van der Waals surface area contributed by atoms with Gasteiger partial charge in [-0.2, -0.15) is 5.10 Å². The van der Waals surface area contributed by atoms with Crippen molar-refractivity contribution < 1.29 is 9.53 Å². The molecule has 0 unspecified atom stereocenters. The molecule has 34 heavy (non-hydrogen) atoms. The lowest BCUT2D eigenvalue weighted by Crippen LogP contribution is -2.31. The first-order chi connectivity index (χ1) is 16.3. The number of imidazole rings is 1. The van der Waals surface area contributed by atoms with Crippen LogP contribution in [0.5, 0.6) is 0 Å². The van der Waals surface area contributed by atoms with E-state index in [9.17, 15) is 14.4 Å². The first kappa shape index (κ1) is 23.4. The van der Waals surface area contributed by atoms with Crippen LogP contribution in [0.25, 0.3) is 22.2 Å². The molecular weight excluding hydrogens is 438 g/mol. The number of pyridine rings is 1. The third-order valence-corrected chi connectivity index (χ3v) is 5.80. The molecule has 4 heterocycles. The van der Waals surface area contributed by atoms with Gasteiger partial charge in [-0.05, 0) is 32.8 Å². The molecule has 0 saturated carbocycles. The van der Waals surface area contributed by atoms with E-state index in [2.05, 4.69) is 20.1 Å². The Kier molecular flexibility index (Phi) is 6.36. The van der Waals surface area contributed by atoms with Crippen LogP contribution in [-0.4, -0.2) is 39.8 Å². The highest BCUT2D eigenvalue weighted by molar-refractivity contribution is 6.03. The number of aryl methyl sites for hydroxylation is 5. The molecule has 0 aliphatic carbocycles. The Morgan fingerprint density at radius 3 is 2.53 bits per heavy atom. The number of nitrogens with zero attached hydrogens (tertiary/aromatic N) is 6. The molecule has 4 rings (SSSR count). The number of hydrogen-bond donors (Lipinski definition) is 1. The van der Waals surface area contributed by atoms with Gasteiger partial charge < -0.3 is 9.30 Å². The van der Waals surface area contributed by atoms with Gasteiger partial charge in [0, 0.05) is 25.8 Å². The van der Waals surface area contributed by atoms with Crippen molar-refractivity contribution in [2.24, 2.45) is 7.05 Å². The van der Waals surface area contributed by atoms with E-state index < -0.39 is 17.2 Å². The molecule has 0 saturated heterocycles. The van der Waals surface area contributed by atoms with Gasteiger partial charge in [-0.15, -0.1) is 0 Å². The number of carbonyl (C=O) groups excluding carboxylic acids is 1. The van der Waals surface area contributed by atoms with E-state index in [1.54, 1.807) is 29.3 Å². The van der Waals surface area contributed by atoms with E-state index in [0.29, 0.717) is 58.1 Å². The quantitative estimate of drug-likeness (QED) is 0.394. The molecular formula is C23H29N7O4. The Morgan fingerprint density at radius 2 is 1.82 bits per heavy atom. The van der Waals surface area contributed by atoms with Crippen LogP contribution in [0.15, 0.2) is 15.7 Å². The monoisotopic (exact) mass is 467 g/mol. The number of carbonyl (C=O) groups is 1. The number of aromatic amines is 1. The number of H-pyrrole nitrogens is 1. The van der Waals surface area contributed by atoms with Crippen LogP contribution in [-0.2, 0) is 31.5 Å². The van der Waals surface area contributed by atoms with Gasteiger partial charge in [-0.25, -0.2) is 19.6 Å². The van der Waals surface area contributed by atoms with Crippen molar-refractivity contribution in [1.82, 2.24) is 33.9 Å². The van der Waals surface area contributed by atoms with Gasteiger partial charge >= 0.3 is 11.7 Å². The summed E-state index contributed by atoms with van der Waals surface area (Å²) < 4.78 is 10.5. The van der Waals surface area contributed by atoms with Gasteiger partial charge in [-0.3, -0.25) is 19.0 Å². The number of esters is 1. The molecule has 0 bridgehead atoms. The molecule has 0 aliphatic heterocycles. The second kappa shape index (κ2) is 9.24. The topological polar surface area (TPSA) is 130 Å². The largest absolute Gasteiger partial charge is 0.454 e. The molecule has 0 spiro atoms. The standard InChI is InChI=1S/C23H29N7O4/c1-6-8-10-30-20-18(21(31)26-23(30)33)29(9-7-2)16(25-20)12-34-22(32)15-11-13(3)24-19-17(15)14(4)27-28(19)5/h11H,6-10,12H2,1-5H3,(H,26,31,33). The second-order valence-electron chi connectivity index (χ2n) is 8.41. The normalized spacial score (nSPS) is 11.6. The highest BCUT2D eigenvalue weighted by Crippen LogP contribution is 2.23. The SMILES string of the molecule is CCCCn1c(=O)[nH]c(=O)c2c1nc(COC(=O)c1cc(C)nc3c1c(C)nn3C)n2CCC. The van der Waals surface area contributed by atoms with Crippen LogP contribution in [0.2, 0.25) is 0 Å². The lowest BCUT2D eigenvalue weighted by atomic mass is 10.1. The van der Waals surface area contributed by atoms with Gasteiger partial charge in [0.25, 0.3) is 5.56 Å². The van der Waals surface area contributed by atoms with Gasteiger partial charge in [0.05, 0.1) is 16.6 Å². The molecule has 0 atom stereocenters. The fourth-order valence-corrected chi connectivity index (χ4v) is 4.25. The predicted octanol–water partition coefficient (Wildman–Crippen LogP) is 2.35. The molecule has 11 nitrogen and oxygen atoms in total. The van der Waals surface area contributed by atoms with Crippen molar-refractivity contribution in [2.75, 3.05) is 0 Å². The van der Waals surface area contributed by atoms with E-state index in [4.69, 9.17) is 4.74 Å². The number of ether oxygens (including phenoxy) is 1. The van der Waals surface area contributed by atoms with Crippen LogP contribution < -0.4 is 11.2 Å². The number of hydrogen-bond acceptors (Lipinski definition) is 7. The van der Waals surface area contributed by atoms with Gasteiger partial charge in [0.2, 0.25) is 0 Å². The maximum Gasteiger partial charge on any atom is 0.339 e. The van der Waals surface area contributed by atoms with E-state index >= 15 is 0 Å². The predicted molar refractivity (Wildman–Crippen MR) is 127 cm³/mol. The first-order valence-corrected chi connectivity index (χ1v) is 11.5. The van der Waals surface area contributed by atoms with E-state index in [-0.39, 0.29) is 6.61 Å². The maximum absolute atomic E-state index is 13.1. The summed E-state index contributed by atoms with van der Waals surface area (Å²) in [4.78, 5) is 49.7. The summed E-state index contributed by atoms with van der Waals surface area (Å²) in [5.74, 6) is -0.115. The molecule has 0 fully saturated rings. The van der Waals surface area contributed by atoms with Crippen molar-refractivity contribution in [2.45, 2.75) is 66.7 Å². The molecule has 0 aliphatic rings. The second-order valence-corrected chi connectivity index (χ2v) is 8.41. The Labute approximate surface area is 195 Å². The molecule has 0 amide bonds. The lowest BCUT2D eigenvalue weighted by molar-refractivity contribution is 0.0460. The Morgan fingerprint density at radius 1 is 1.06 bits per heavy atom. The third kappa shape index (κ3) is 4.02. The minimum atomic E-state index is -0.529. The van der Waals surface area contributed by atoms with Crippen molar-refractivity contribution in [3.8, 4) is 0 Å². The fourth-order valence-electron chi connectivity index (χ4n) is 4.25. The molecule has 11 heteroatoms. The lowest BCUT2D eigenvalue weighted by Gasteiger charge is -2.09. The smallest absolute Gasteiger partial charge is 0.339 e. The van der Waals surface area contributed by atoms with Crippen molar-refractivity contribution in [3.05, 3.63) is 49.7 Å². The summed E-state index contributed by atoms with van der Waals surface area (Å²) in [5.41, 5.74) is 1.98. The van der Waals surface area contributed by atoms with E-state index in [1.165, 1.54) is 4.57 Å². The Hall–Kier alpha value is -3.76. The van der Waals surface area contributed by atoms with Gasteiger partial charge in [0.1, 0.15) is 12.4 Å². The zero-order chi connectivity index (χ0) is 24.6. The number of unbranched alkanes of at least 4 members (excludes halogenated alkanes) is 1. The zero-order valence-corrected chi connectivity index (χ0v) is 20.1. The van der Waals surface area contributed by atoms with Gasteiger partial charge in [0.15, 0.2) is 16.8 Å². The Bertz CT molecular complexity index is 1510. The minimum Gasteiger partial charge on any atom is -0.454 e.